The van der Waals surface area contributed by atoms with Gasteiger partial charge < -0.3 is 10.8 Å². The van der Waals surface area contributed by atoms with Crippen molar-refractivity contribution in [3.05, 3.63) is 69.7 Å². The third kappa shape index (κ3) is 3.15. The molecule has 0 aliphatic carbocycles. The van der Waals surface area contributed by atoms with Crippen LogP contribution in [-0.2, 0) is 11.8 Å². The van der Waals surface area contributed by atoms with E-state index in [9.17, 15) is 13.9 Å². The Hall–Kier alpha value is -1.30. The Labute approximate surface area is 130 Å². The molecular formula is C16H16BrF2NO. The maximum Gasteiger partial charge on any atom is 0.143 e. The number of hydrogen-bond donors (Lipinski definition) is 2. The van der Waals surface area contributed by atoms with Crippen molar-refractivity contribution >= 4 is 15.9 Å². The first-order valence-corrected chi connectivity index (χ1v) is 7.32. The van der Waals surface area contributed by atoms with Gasteiger partial charge in [0.05, 0.1) is 11.1 Å². The van der Waals surface area contributed by atoms with Crippen LogP contribution in [-0.4, -0.2) is 18.3 Å². The van der Waals surface area contributed by atoms with Crippen LogP contribution in [0, 0.1) is 11.6 Å². The van der Waals surface area contributed by atoms with Gasteiger partial charge in [-0.3, -0.25) is 0 Å². The summed E-state index contributed by atoms with van der Waals surface area (Å²) in [6.45, 7) is -0.211. The number of aliphatic hydroxyl groups is 1. The molecule has 0 saturated heterocycles. The van der Waals surface area contributed by atoms with Gasteiger partial charge >= 0.3 is 0 Å². The van der Waals surface area contributed by atoms with E-state index in [4.69, 9.17) is 5.73 Å². The number of hydrogen-bond acceptors (Lipinski definition) is 2. The second-order valence-electron chi connectivity index (χ2n) is 5.01. The van der Waals surface area contributed by atoms with Crippen LogP contribution in [0.1, 0.15) is 11.1 Å². The van der Waals surface area contributed by atoms with E-state index in [2.05, 4.69) is 15.9 Å². The van der Waals surface area contributed by atoms with Gasteiger partial charge in [0, 0.05) is 17.5 Å². The van der Waals surface area contributed by atoms with Crippen LogP contribution < -0.4 is 5.73 Å². The van der Waals surface area contributed by atoms with Crippen molar-refractivity contribution in [1.29, 1.82) is 0 Å². The van der Waals surface area contributed by atoms with Crippen molar-refractivity contribution < 1.29 is 13.9 Å². The molecule has 0 fully saturated rings. The standard InChI is InChI=1S/C16H16BrF2NO/c17-13-6-7-14(18)12(15(13)19)8-16(9-20,10-21)11-4-2-1-3-5-11/h1-7,21H,8-10,20H2. The van der Waals surface area contributed by atoms with Crippen LogP contribution in [0.15, 0.2) is 46.9 Å². The molecule has 2 aromatic carbocycles. The lowest BCUT2D eigenvalue weighted by Gasteiger charge is -2.31. The van der Waals surface area contributed by atoms with Gasteiger partial charge in [-0.2, -0.15) is 0 Å². The second-order valence-corrected chi connectivity index (χ2v) is 5.86. The maximum atomic E-state index is 14.2. The topological polar surface area (TPSA) is 46.2 Å². The minimum Gasteiger partial charge on any atom is -0.395 e. The number of halogens is 3. The Morgan fingerprint density at radius 2 is 1.76 bits per heavy atom. The Kier molecular flexibility index (Phi) is 5.08. The molecule has 0 aliphatic heterocycles. The number of nitrogens with two attached hydrogens (primary N) is 1. The van der Waals surface area contributed by atoms with Gasteiger partial charge in [0.2, 0.25) is 0 Å². The SMILES string of the molecule is NCC(CO)(Cc1c(F)ccc(Br)c1F)c1ccccc1. The first-order valence-electron chi connectivity index (χ1n) is 6.53. The largest absolute Gasteiger partial charge is 0.395 e. The van der Waals surface area contributed by atoms with E-state index in [0.717, 1.165) is 5.56 Å². The van der Waals surface area contributed by atoms with Gasteiger partial charge in [-0.25, -0.2) is 8.78 Å². The minimum atomic E-state index is -0.913. The average Bonchev–Trinajstić information content (AvgIpc) is 2.53. The van der Waals surface area contributed by atoms with Crippen molar-refractivity contribution in [1.82, 2.24) is 0 Å². The predicted molar refractivity (Wildman–Crippen MR) is 82.0 cm³/mol. The highest BCUT2D eigenvalue weighted by Gasteiger charge is 2.33. The van der Waals surface area contributed by atoms with Gasteiger partial charge in [-0.1, -0.05) is 30.3 Å². The summed E-state index contributed by atoms with van der Waals surface area (Å²) >= 11 is 3.05. The number of aliphatic hydroxyl groups excluding tert-OH is 1. The van der Waals surface area contributed by atoms with Crippen molar-refractivity contribution in [3.63, 3.8) is 0 Å². The van der Waals surface area contributed by atoms with E-state index in [1.165, 1.54) is 12.1 Å². The van der Waals surface area contributed by atoms with Crippen LogP contribution in [0.2, 0.25) is 0 Å². The normalized spacial score (nSPS) is 14.0. The van der Waals surface area contributed by atoms with Crippen LogP contribution in [0.25, 0.3) is 0 Å². The molecule has 1 unspecified atom stereocenters. The van der Waals surface area contributed by atoms with Gasteiger partial charge in [0.25, 0.3) is 0 Å². The van der Waals surface area contributed by atoms with E-state index in [1.54, 1.807) is 12.1 Å². The summed E-state index contributed by atoms with van der Waals surface area (Å²) in [6, 6.07) is 11.6. The Morgan fingerprint density at radius 3 is 2.33 bits per heavy atom. The summed E-state index contributed by atoms with van der Waals surface area (Å²) in [6.07, 6.45) is -0.0128. The maximum absolute atomic E-state index is 14.2. The molecule has 2 nitrogen and oxygen atoms in total. The lowest BCUT2D eigenvalue weighted by Crippen LogP contribution is -2.41. The summed E-state index contributed by atoms with van der Waals surface area (Å²) in [4.78, 5) is 0. The fourth-order valence-electron chi connectivity index (χ4n) is 2.37. The third-order valence-corrected chi connectivity index (χ3v) is 4.35. The zero-order valence-electron chi connectivity index (χ0n) is 11.3. The van der Waals surface area contributed by atoms with Crippen LogP contribution in [0.4, 0.5) is 8.78 Å². The van der Waals surface area contributed by atoms with Crippen molar-refractivity contribution in [2.24, 2.45) is 5.73 Å². The molecule has 21 heavy (non-hydrogen) atoms. The van der Waals surface area contributed by atoms with Gasteiger partial charge in [0.15, 0.2) is 0 Å². The smallest absolute Gasteiger partial charge is 0.143 e. The van der Waals surface area contributed by atoms with Crippen molar-refractivity contribution in [2.75, 3.05) is 13.2 Å². The monoisotopic (exact) mass is 355 g/mol. The molecule has 5 heteroatoms. The molecule has 3 N–H and O–H groups in total. The molecular weight excluding hydrogens is 340 g/mol. The highest BCUT2D eigenvalue weighted by atomic mass is 79.9. The van der Waals surface area contributed by atoms with E-state index >= 15 is 0 Å². The average molecular weight is 356 g/mol. The van der Waals surface area contributed by atoms with Crippen molar-refractivity contribution in [3.8, 4) is 0 Å². The van der Waals surface area contributed by atoms with Crippen LogP contribution >= 0.6 is 15.9 Å². The summed E-state index contributed by atoms with van der Waals surface area (Å²) in [7, 11) is 0. The number of rotatable bonds is 5. The lowest BCUT2D eigenvalue weighted by molar-refractivity contribution is 0.194. The molecule has 112 valence electrons. The number of benzene rings is 2. The van der Waals surface area contributed by atoms with Crippen molar-refractivity contribution in [2.45, 2.75) is 11.8 Å². The molecule has 0 spiro atoms. The summed E-state index contributed by atoms with van der Waals surface area (Å²) in [5, 5.41) is 9.81. The zero-order valence-corrected chi connectivity index (χ0v) is 12.9. The molecule has 0 amide bonds. The molecule has 0 heterocycles. The van der Waals surface area contributed by atoms with Gasteiger partial charge in [0.1, 0.15) is 11.6 Å². The summed E-state index contributed by atoms with van der Waals surface area (Å²) in [5.74, 6) is -1.30. The third-order valence-electron chi connectivity index (χ3n) is 3.73. The van der Waals surface area contributed by atoms with Gasteiger partial charge in [-0.05, 0) is 40.0 Å². The molecule has 2 rings (SSSR count). The molecule has 0 aliphatic rings. The van der Waals surface area contributed by atoms with E-state index < -0.39 is 17.0 Å². The summed E-state index contributed by atoms with van der Waals surface area (Å²) < 4.78 is 28.3. The fraction of sp³-hybridized carbons (Fsp3) is 0.250. The fourth-order valence-corrected chi connectivity index (χ4v) is 2.74. The van der Waals surface area contributed by atoms with E-state index in [0.29, 0.717) is 0 Å². The highest BCUT2D eigenvalue weighted by Crippen LogP contribution is 2.31. The van der Waals surface area contributed by atoms with Crippen LogP contribution in [0.5, 0.6) is 0 Å². The first-order chi connectivity index (χ1) is 10.0. The van der Waals surface area contributed by atoms with Gasteiger partial charge in [-0.15, -0.1) is 0 Å². The van der Waals surface area contributed by atoms with E-state index in [-0.39, 0.29) is 29.6 Å². The van der Waals surface area contributed by atoms with Crippen LogP contribution in [0.3, 0.4) is 0 Å². The Balaban J connectivity index is 2.49. The second kappa shape index (κ2) is 6.64. The summed E-state index contributed by atoms with van der Waals surface area (Å²) in [5.41, 5.74) is 5.59. The highest BCUT2D eigenvalue weighted by molar-refractivity contribution is 9.10. The molecule has 1 atom stereocenters. The lowest BCUT2D eigenvalue weighted by atomic mass is 9.76. The molecule has 0 aromatic heterocycles. The predicted octanol–water partition coefficient (Wildman–Crippen LogP) is 3.16. The minimum absolute atomic E-state index is 0.0128. The molecule has 0 radical (unpaired) electrons. The zero-order chi connectivity index (χ0) is 15.5. The quantitative estimate of drug-likeness (QED) is 0.809. The molecule has 0 bridgehead atoms. The molecule has 0 saturated carbocycles. The Bertz CT molecular complexity index is 615. The Morgan fingerprint density at radius 1 is 1.10 bits per heavy atom. The van der Waals surface area contributed by atoms with E-state index in [1.807, 2.05) is 18.2 Å². The molecule has 2 aromatic rings. The first kappa shape index (κ1) is 16.1.